The number of carbonyl (C=O) groups is 1. The van der Waals surface area contributed by atoms with E-state index in [0.717, 1.165) is 29.3 Å². The quantitative estimate of drug-likeness (QED) is 0.296. The lowest BCUT2D eigenvalue weighted by molar-refractivity contribution is 0.00858. The summed E-state index contributed by atoms with van der Waals surface area (Å²) in [7, 11) is 0. The number of anilines is 1. The van der Waals surface area contributed by atoms with Crippen LogP contribution in [-0.2, 0) is 4.74 Å². The maximum atomic E-state index is 12.9. The topological polar surface area (TPSA) is 107 Å². The summed E-state index contributed by atoms with van der Waals surface area (Å²) in [5.74, 6) is 0. The van der Waals surface area contributed by atoms with Crippen molar-refractivity contribution in [3.05, 3.63) is 42.5 Å². The Morgan fingerprint density at radius 3 is 2.41 bits per heavy atom. The van der Waals surface area contributed by atoms with Gasteiger partial charge in [-0.2, -0.15) is 0 Å². The van der Waals surface area contributed by atoms with E-state index in [-0.39, 0.29) is 36.6 Å². The molecule has 204 valence electrons. The second kappa shape index (κ2) is 14.1. The molecule has 0 radical (unpaired) electrons. The highest BCUT2D eigenvalue weighted by Crippen LogP contribution is 2.40. The number of hydrogen-bond donors (Lipinski definition) is 6. The Bertz CT molecular complexity index is 977. The summed E-state index contributed by atoms with van der Waals surface area (Å²) in [6.07, 6.45) is 10.9. The first kappa shape index (κ1) is 27.8. The Balaban J connectivity index is 1.42. The van der Waals surface area contributed by atoms with E-state index in [4.69, 9.17) is 9.84 Å². The van der Waals surface area contributed by atoms with E-state index in [9.17, 15) is 4.79 Å². The number of ether oxygens (including phenoxy) is 1. The Morgan fingerprint density at radius 2 is 1.68 bits per heavy atom. The van der Waals surface area contributed by atoms with Gasteiger partial charge >= 0.3 is 6.03 Å². The number of aliphatic hydroxyl groups excluding tert-OH is 1. The molecule has 1 aliphatic heterocycles. The second-order valence-corrected chi connectivity index (χ2v) is 10.6. The van der Waals surface area contributed by atoms with Crippen LogP contribution in [0.3, 0.4) is 0 Å². The number of rotatable bonds is 8. The Labute approximate surface area is 221 Å². The fourth-order valence-corrected chi connectivity index (χ4v) is 6.04. The van der Waals surface area contributed by atoms with E-state index in [1.54, 1.807) is 0 Å². The summed E-state index contributed by atoms with van der Waals surface area (Å²) in [4.78, 5) is 12.9. The predicted molar refractivity (Wildman–Crippen MR) is 149 cm³/mol. The van der Waals surface area contributed by atoms with Crippen molar-refractivity contribution in [2.75, 3.05) is 31.7 Å². The smallest absolute Gasteiger partial charge is 0.321 e. The van der Waals surface area contributed by atoms with Gasteiger partial charge in [0.2, 0.25) is 0 Å². The standard InChI is InChI=1S/C29H45N5O3/c1-22-29(15-9-5-3-2-4-6-10-16-29)26(30-17-19-37-20-18-35)33-27(31-22)34-28(36)32-25-14-13-23-11-7-8-12-24(23)21-25/h7-8,11-14,21-22,26-27,30-31,33,35H,2-6,9-10,15-20H2,1H3,(H2,32,34,36). The first-order valence-corrected chi connectivity index (χ1v) is 14.1. The molecule has 1 saturated heterocycles. The van der Waals surface area contributed by atoms with Gasteiger partial charge in [-0.1, -0.05) is 75.3 Å². The van der Waals surface area contributed by atoms with E-state index in [1.165, 1.54) is 44.9 Å². The normalized spacial score (nSPS) is 24.5. The molecule has 3 atom stereocenters. The van der Waals surface area contributed by atoms with E-state index in [2.05, 4.69) is 39.6 Å². The number of carbonyl (C=O) groups excluding carboxylic acids is 1. The van der Waals surface area contributed by atoms with Crippen LogP contribution in [0.5, 0.6) is 0 Å². The number of amides is 2. The minimum atomic E-state index is -0.368. The summed E-state index contributed by atoms with van der Waals surface area (Å²) in [6, 6.07) is 14.0. The lowest BCUT2D eigenvalue weighted by atomic mass is 9.68. The monoisotopic (exact) mass is 511 g/mol. The third-order valence-electron chi connectivity index (χ3n) is 8.08. The molecule has 1 heterocycles. The highest BCUT2D eigenvalue weighted by atomic mass is 16.5. The number of benzene rings is 2. The van der Waals surface area contributed by atoms with Crippen LogP contribution in [0.1, 0.15) is 64.7 Å². The zero-order valence-electron chi connectivity index (χ0n) is 22.2. The first-order chi connectivity index (χ1) is 18.1. The van der Waals surface area contributed by atoms with Gasteiger partial charge in [0, 0.05) is 23.7 Å². The van der Waals surface area contributed by atoms with Gasteiger partial charge in [-0.3, -0.25) is 16.0 Å². The fourth-order valence-electron chi connectivity index (χ4n) is 6.04. The van der Waals surface area contributed by atoms with Crippen LogP contribution >= 0.6 is 0 Å². The number of hydrogen-bond acceptors (Lipinski definition) is 6. The van der Waals surface area contributed by atoms with Crippen molar-refractivity contribution in [3.8, 4) is 0 Å². The molecule has 1 aliphatic carbocycles. The molecule has 0 aromatic heterocycles. The molecule has 2 aromatic rings. The van der Waals surface area contributed by atoms with E-state index in [0.29, 0.717) is 19.8 Å². The zero-order valence-corrected chi connectivity index (χ0v) is 22.2. The average molecular weight is 512 g/mol. The molecule has 2 aliphatic rings. The summed E-state index contributed by atoms with van der Waals surface area (Å²) in [5.41, 5.74) is 0.806. The van der Waals surface area contributed by atoms with Gasteiger partial charge in [-0.25, -0.2) is 4.79 Å². The second-order valence-electron chi connectivity index (χ2n) is 10.6. The molecule has 0 bridgehead atoms. The van der Waals surface area contributed by atoms with Crippen LogP contribution in [0.25, 0.3) is 10.8 Å². The molecule has 2 fully saturated rings. The van der Waals surface area contributed by atoms with Gasteiger partial charge in [0.25, 0.3) is 0 Å². The minimum Gasteiger partial charge on any atom is -0.394 e. The molecule has 4 rings (SSSR count). The highest BCUT2D eigenvalue weighted by Gasteiger charge is 2.47. The predicted octanol–water partition coefficient (Wildman–Crippen LogP) is 4.26. The Kier molecular flexibility index (Phi) is 10.6. The molecule has 1 spiro atoms. The SMILES string of the molecule is CC1NC(NC(=O)Nc2ccc3ccccc3c2)NC(NCCOCCO)C12CCCCCCCCC2. The molecule has 8 heteroatoms. The van der Waals surface area contributed by atoms with Crippen LogP contribution in [0.2, 0.25) is 0 Å². The van der Waals surface area contributed by atoms with Gasteiger partial charge < -0.3 is 20.5 Å². The minimum absolute atomic E-state index is 0.0326. The van der Waals surface area contributed by atoms with Gasteiger partial charge in [-0.05, 0) is 42.7 Å². The number of nitrogens with one attached hydrogen (secondary N) is 5. The third kappa shape index (κ3) is 7.65. The van der Waals surface area contributed by atoms with Crippen LogP contribution in [0.4, 0.5) is 10.5 Å². The maximum absolute atomic E-state index is 12.9. The van der Waals surface area contributed by atoms with Gasteiger partial charge in [0.05, 0.1) is 26.0 Å². The molecule has 3 unspecified atom stereocenters. The van der Waals surface area contributed by atoms with Crippen molar-refractivity contribution in [2.24, 2.45) is 5.41 Å². The summed E-state index contributed by atoms with van der Waals surface area (Å²) in [6.45, 7) is 3.87. The van der Waals surface area contributed by atoms with Crippen molar-refractivity contribution in [1.82, 2.24) is 21.3 Å². The molecule has 1 saturated carbocycles. The summed E-state index contributed by atoms with van der Waals surface area (Å²) < 4.78 is 5.51. The highest BCUT2D eigenvalue weighted by molar-refractivity contribution is 5.93. The van der Waals surface area contributed by atoms with Crippen LogP contribution < -0.4 is 26.6 Å². The largest absolute Gasteiger partial charge is 0.394 e. The van der Waals surface area contributed by atoms with E-state index in [1.807, 2.05) is 36.4 Å². The van der Waals surface area contributed by atoms with Gasteiger partial charge in [0.1, 0.15) is 6.29 Å². The molecule has 8 nitrogen and oxygen atoms in total. The van der Waals surface area contributed by atoms with Crippen LogP contribution in [0, 0.1) is 5.41 Å². The van der Waals surface area contributed by atoms with Crippen molar-refractivity contribution in [1.29, 1.82) is 0 Å². The lowest BCUT2D eigenvalue weighted by Crippen LogP contribution is -2.75. The number of fused-ring (bicyclic) bond motifs is 1. The third-order valence-corrected chi connectivity index (χ3v) is 8.08. The van der Waals surface area contributed by atoms with Crippen molar-refractivity contribution < 1.29 is 14.6 Å². The molecule has 2 aromatic carbocycles. The molecule has 37 heavy (non-hydrogen) atoms. The first-order valence-electron chi connectivity index (χ1n) is 14.1. The van der Waals surface area contributed by atoms with Crippen molar-refractivity contribution in [3.63, 3.8) is 0 Å². The average Bonchev–Trinajstić information content (AvgIpc) is 2.90. The van der Waals surface area contributed by atoms with Gasteiger partial charge in [-0.15, -0.1) is 0 Å². The van der Waals surface area contributed by atoms with E-state index < -0.39 is 0 Å². The molecule has 2 amide bonds. The zero-order chi connectivity index (χ0) is 25.9. The van der Waals surface area contributed by atoms with Gasteiger partial charge in [0.15, 0.2) is 0 Å². The number of aliphatic hydroxyl groups is 1. The fraction of sp³-hybridized carbons (Fsp3) is 0.621. The Morgan fingerprint density at radius 1 is 0.973 bits per heavy atom. The van der Waals surface area contributed by atoms with Crippen LogP contribution in [0.15, 0.2) is 42.5 Å². The van der Waals surface area contributed by atoms with Crippen molar-refractivity contribution >= 4 is 22.5 Å². The summed E-state index contributed by atoms with van der Waals surface area (Å²) in [5, 5.41) is 28.4. The molecule has 6 N–H and O–H groups in total. The number of urea groups is 1. The molecular formula is C29H45N5O3. The van der Waals surface area contributed by atoms with Crippen molar-refractivity contribution in [2.45, 2.75) is 83.2 Å². The van der Waals surface area contributed by atoms with Crippen LogP contribution in [-0.4, -0.2) is 56.0 Å². The maximum Gasteiger partial charge on any atom is 0.321 e. The summed E-state index contributed by atoms with van der Waals surface area (Å²) >= 11 is 0. The van der Waals surface area contributed by atoms with E-state index >= 15 is 0 Å². The Hall–Kier alpha value is -2.23. The molecular weight excluding hydrogens is 466 g/mol. The lowest BCUT2D eigenvalue weighted by Gasteiger charge is -2.53.